The first-order valence-electron chi connectivity index (χ1n) is 6.86. The van der Waals surface area contributed by atoms with E-state index in [0.29, 0.717) is 0 Å². The third-order valence-corrected chi connectivity index (χ3v) is 4.27. The van der Waals surface area contributed by atoms with Crippen LogP contribution in [0.15, 0.2) is 42.0 Å². The number of fused-ring (bicyclic) bond motifs is 1. The van der Waals surface area contributed by atoms with Crippen LogP contribution in [-0.2, 0) is 0 Å². The van der Waals surface area contributed by atoms with Gasteiger partial charge in [0.2, 0.25) is 0 Å². The molecule has 3 heterocycles. The summed E-state index contributed by atoms with van der Waals surface area (Å²) in [6.07, 6.45) is 3.80. The van der Waals surface area contributed by atoms with Gasteiger partial charge in [-0.1, -0.05) is 0 Å². The summed E-state index contributed by atoms with van der Waals surface area (Å²) in [5.41, 5.74) is 3.26. The fourth-order valence-corrected chi connectivity index (χ4v) is 2.96. The number of nitrogens with zero attached hydrogens (tertiary/aromatic N) is 3. The topological polar surface area (TPSA) is 41.0 Å². The van der Waals surface area contributed by atoms with E-state index in [0.717, 1.165) is 17.0 Å². The third kappa shape index (κ3) is 2.97. The highest BCUT2D eigenvalue weighted by atomic mass is 32.1. The molecule has 1 N–H and O–H groups in total. The first kappa shape index (κ1) is 13.8. The zero-order valence-corrected chi connectivity index (χ0v) is 13.2. The Morgan fingerprint density at radius 3 is 2.71 bits per heavy atom. The minimum atomic E-state index is 0.191. The largest absolute Gasteiger partial charge is 0.377 e. The lowest BCUT2D eigenvalue weighted by molar-refractivity contribution is 0.878. The van der Waals surface area contributed by atoms with Gasteiger partial charge in [0.05, 0.1) is 28.1 Å². The summed E-state index contributed by atoms with van der Waals surface area (Å²) >= 11 is 1.72. The van der Waals surface area contributed by atoms with Crippen LogP contribution >= 0.6 is 11.3 Å². The Labute approximate surface area is 128 Å². The van der Waals surface area contributed by atoms with Crippen molar-refractivity contribution < 1.29 is 0 Å². The summed E-state index contributed by atoms with van der Waals surface area (Å²) < 4.78 is 1.22. The van der Waals surface area contributed by atoms with Gasteiger partial charge in [-0.05, 0) is 42.1 Å². The van der Waals surface area contributed by atoms with Gasteiger partial charge in [-0.2, -0.15) is 0 Å². The van der Waals surface area contributed by atoms with Crippen molar-refractivity contribution in [1.29, 1.82) is 0 Å². The molecule has 21 heavy (non-hydrogen) atoms. The van der Waals surface area contributed by atoms with Crippen molar-refractivity contribution in [3.05, 3.63) is 47.6 Å². The number of pyridine rings is 2. The summed E-state index contributed by atoms with van der Waals surface area (Å²) in [5, 5.41) is 5.54. The summed E-state index contributed by atoms with van der Waals surface area (Å²) in [5.74, 6) is 0.954. The van der Waals surface area contributed by atoms with Gasteiger partial charge in [0.15, 0.2) is 0 Å². The normalized spacial score (nSPS) is 12.3. The molecule has 108 valence electrons. The van der Waals surface area contributed by atoms with Crippen molar-refractivity contribution in [2.45, 2.75) is 13.0 Å². The molecule has 5 heteroatoms. The molecule has 4 nitrogen and oxygen atoms in total. The number of hydrogen-bond donors (Lipinski definition) is 1. The average Bonchev–Trinajstić information content (AvgIpc) is 2.95. The van der Waals surface area contributed by atoms with E-state index in [-0.39, 0.29) is 6.04 Å². The Hall–Kier alpha value is -2.14. The van der Waals surface area contributed by atoms with Crippen molar-refractivity contribution in [2.24, 2.45) is 0 Å². The number of thiophene rings is 1. The SMILES string of the molecule is CC(Nc1ccc(N(C)C)nc1)c1cnc2ccsc2c1. The maximum Gasteiger partial charge on any atom is 0.128 e. The standard InChI is InChI=1S/C16H18N4S/c1-11(12-8-15-14(17-9-12)6-7-21-15)19-13-4-5-16(18-10-13)20(2)3/h4-11,19H,1-3H3. The van der Waals surface area contributed by atoms with E-state index in [1.54, 1.807) is 11.3 Å². The molecule has 1 unspecified atom stereocenters. The number of aromatic nitrogens is 2. The fourth-order valence-electron chi connectivity index (χ4n) is 2.17. The minimum Gasteiger partial charge on any atom is -0.377 e. The number of rotatable bonds is 4. The molecule has 0 saturated carbocycles. The van der Waals surface area contributed by atoms with Gasteiger partial charge >= 0.3 is 0 Å². The van der Waals surface area contributed by atoms with Crippen LogP contribution in [0, 0.1) is 0 Å². The second-order valence-electron chi connectivity index (χ2n) is 5.24. The predicted octanol–water partition coefficient (Wildman–Crippen LogP) is 3.93. The van der Waals surface area contributed by atoms with E-state index in [9.17, 15) is 0 Å². The molecule has 3 rings (SSSR count). The third-order valence-electron chi connectivity index (χ3n) is 3.41. The lowest BCUT2D eigenvalue weighted by Gasteiger charge is -2.16. The molecule has 0 radical (unpaired) electrons. The lowest BCUT2D eigenvalue weighted by Crippen LogP contribution is -2.11. The van der Waals surface area contributed by atoms with Crippen LogP contribution in [0.3, 0.4) is 0 Å². The molecule has 0 aromatic carbocycles. The Morgan fingerprint density at radius 1 is 1.14 bits per heavy atom. The first-order valence-corrected chi connectivity index (χ1v) is 7.74. The summed E-state index contributed by atoms with van der Waals surface area (Å²) in [4.78, 5) is 10.9. The molecule has 0 aliphatic rings. The quantitative estimate of drug-likeness (QED) is 0.792. The van der Waals surface area contributed by atoms with E-state index in [2.05, 4.69) is 39.7 Å². The number of anilines is 2. The Kier molecular flexibility index (Phi) is 3.75. The van der Waals surface area contributed by atoms with Crippen LogP contribution in [0.25, 0.3) is 10.2 Å². The molecule has 0 spiro atoms. The highest BCUT2D eigenvalue weighted by molar-refractivity contribution is 7.17. The van der Waals surface area contributed by atoms with Crippen LogP contribution in [0.1, 0.15) is 18.5 Å². The molecule has 1 atom stereocenters. The minimum absolute atomic E-state index is 0.191. The highest BCUT2D eigenvalue weighted by Gasteiger charge is 2.08. The number of nitrogens with one attached hydrogen (secondary N) is 1. The van der Waals surface area contributed by atoms with E-state index in [1.807, 2.05) is 43.5 Å². The fraction of sp³-hybridized carbons (Fsp3) is 0.250. The van der Waals surface area contributed by atoms with Crippen LogP contribution in [0.5, 0.6) is 0 Å². The molecule has 0 aliphatic carbocycles. The maximum absolute atomic E-state index is 4.49. The Morgan fingerprint density at radius 2 is 2.00 bits per heavy atom. The molecule has 0 amide bonds. The van der Waals surface area contributed by atoms with Crippen LogP contribution in [-0.4, -0.2) is 24.1 Å². The monoisotopic (exact) mass is 298 g/mol. The molecular weight excluding hydrogens is 280 g/mol. The Balaban J connectivity index is 1.77. The zero-order chi connectivity index (χ0) is 14.8. The molecule has 3 aromatic heterocycles. The van der Waals surface area contributed by atoms with Crippen molar-refractivity contribution in [3.63, 3.8) is 0 Å². The molecule has 0 bridgehead atoms. The summed E-state index contributed by atoms with van der Waals surface area (Å²) in [6.45, 7) is 2.14. The van der Waals surface area contributed by atoms with E-state index >= 15 is 0 Å². The van der Waals surface area contributed by atoms with Crippen molar-refractivity contribution >= 4 is 33.1 Å². The zero-order valence-electron chi connectivity index (χ0n) is 12.4. The van der Waals surface area contributed by atoms with Crippen LogP contribution in [0.4, 0.5) is 11.5 Å². The predicted molar refractivity (Wildman–Crippen MR) is 90.2 cm³/mol. The molecule has 0 fully saturated rings. The van der Waals surface area contributed by atoms with Gasteiger partial charge in [0.1, 0.15) is 5.82 Å². The van der Waals surface area contributed by atoms with Crippen molar-refractivity contribution in [3.8, 4) is 0 Å². The smallest absolute Gasteiger partial charge is 0.128 e. The molecule has 0 saturated heterocycles. The van der Waals surface area contributed by atoms with Gasteiger partial charge < -0.3 is 10.2 Å². The van der Waals surface area contributed by atoms with Gasteiger partial charge in [0, 0.05) is 20.3 Å². The van der Waals surface area contributed by atoms with Crippen molar-refractivity contribution in [2.75, 3.05) is 24.3 Å². The van der Waals surface area contributed by atoms with Gasteiger partial charge in [-0.15, -0.1) is 11.3 Å². The second kappa shape index (κ2) is 5.69. The molecule has 3 aromatic rings. The Bertz CT molecular complexity index is 733. The highest BCUT2D eigenvalue weighted by Crippen LogP contribution is 2.25. The van der Waals surface area contributed by atoms with Crippen molar-refractivity contribution in [1.82, 2.24) is 9.97 Å². The van der Waals surface area contributed by atoms with E-state index in [4.69, 9.17) is 0 Å². The summed E-state index contributed by atoms with van der Waals surface area (Å²) in [7, 11) is 3.97. The van der Waals surface area contributed by atoms with Gasteiger partial charge in [-0.25, -0.2) is 4.98 Å². The summed E-state index contributed by atoms with van der Waals surface area (Å²) in [6, 6.07) is 8.50. The molecule has 0 aliphatic heterocycles. The van der Waals surface area contributed by atoms with E-state index < -0.39 is 0 Å². The maximum atomic E-state index is 4.49. The second-order valence-corrected chi connectivity index (χ2v) is 6.19. The van der Waals surface area contributed by atoms with Crippen LogP contribution in [0.2, 0.25) is 0 Å². The first-order chi connectivity index (χ1) is 10.1. The molecular formula is C16H18N4S. The van der Waals surface area contributed by atoms with Crippen LogP contribution < -0.4 is 10.2 Å². The lowest BCUT2D eigenvalue weighted by atomic mass is 10.1. The number of hydrogen-bond acceptors (Lipinski definition) is 5. The van der Waals surface area contributed by atoms with Gasteiger partial charge in [-0.3, -0.25) is 4.98 Å². The average molecular weight is 298 g/mol. The van der Waals surface area contributed by atoms with E-state index in [1.165, 1.54) is 10.3 Å². The van der Waals surface area contributed by atoms with Gasteiger partial charge in [0.25, 0.3) is 0 Å².